The molecular weight excluding hydrogens is 302 g/mol. The van der Waals surface area contributed by atoms with Gasteiger partial charge in [0.1, 0.15) is 0 Å². The zero-order valence-corrected chi connectivity index (χ0v) is 12.3. The first-order chi connectivity index (χ1) is 9.32. The molecular formula is C12H16ClN3O3S. The Balaban J connectivity index is 2.19. The van der Waals surface area contributed by atoms with Gasteiger partial charge in [-0.15, -0.1) is 0 Å². The van der Waals surface area contributed by atoms with Crippen LogP contribution in [0.2, 0.25) is 5.02 Å². The van der Waals surface area contributed by atoms with E-state index in [9.17, 15) is 13.2 Å². The molecule has 1 aliphatic heterocycles. The van der Waals surface area contributed by atoms with Gasteiger partial charge >= 0.3 is 0 Å². The van der Waals surface area contributed by atoms with Gasteiger partial charge in [0.05, 0.1) is 15.6 Å². The first-order valence-electron chi connectivity index (χ1n) is 6.17. The molecule has 0 bridgehead atoms. The number of nitrogens with two attached hydrogens (primary N) is 2. The number of primary amides is 1. The Bertz CT molecular complexity index is 625. The van der Waals surface area contributed by atoms with Crippen LogP contribution in [0.4, 0.5) is 5.69 Å². The van der Waals surface area contributed by atoms with Crippen LogP contribution in [-0.4, -0.2) is 31.7 Å². The average Bonchev–Trinajstić information content (AvgIpc) is 2.41. The van der Waals surface area contributed by atoms with Crippen LogP contribution in [0.25, 0.3) is 0 Å². The minimum absolute atomic E-state index is 0.108. The number of amides is 1. The molecule has 0 atom stereocenters. The molecule has 110 valence electrons. The fourth-order valence-corrected chi connectivity index (χ4v) is 3.84. The number of hydrogen-bond donors (Lipinski definition) is 2. The van der Waals surface area contributed by atoms with E-state index in [0.717, 1.165) is 0 Å². The van der Waals surface area contributed by atoms with Crippen molar-refractivity contribution in [2.24, 2.45) is 11.7 Å². The van der Waals surface area contributed by atoms with E-state index in [1.54, 1.807) is 0 Å². The van der Waals surface area contributed by atoms with Crippen LogP contribution < -0.4 is 11.5 Å². The van der Waals surface area contributed by atoms with Crippen molar-refractivity contribution < 1.29 is 13.2 Å². The zero-order chi connectivity index (χ0) is 14.9. The molecule has 4 N–H and O–H groups in total. The Kier molecular flexibility index (Phi) is 4.22. The number of nitrogens with zero attached hydrogens (tertiary/aromatic N) is 1. The molecule has 8 heteroatoms. The van der Waals surface area contributed by atoms with E-state index < -0.39 is 10.0 Å². The van der Waals surface area contributed by atoms with Gasteiger partial charge in [-0.25, -0.2) is 8.42 Å². The minimum Gasteiger partial charge on any atom is -0.397 e. The molecule has 1 aromatic carbocycles. The number of benzene rings is 1. The van der Waals surface area contributed by atoms with Gasteiger partial charge in [-0.2, -0.15) is 4.31 Å². The molecule has 1 aromatic rings. The normalized spacial score (nSPS) is 18.1. The summed E-state index contributed by atoms with van der Waals surface area (Å²) in [5, 5.41) is 0.316. The smallest absolute Gasteiger partial charge is 0.243 e. The summed E-state index contributed by atoms with van der Waals surface area (Å²) >= 11 is 5.79. The van der Waals surface area contributed by atoms with Gasteiger partial charge in [0.15, 0.2) is 0 Å². The molecule has 0 aromatic heterocycles. The molecule has 1 heterocycles. The number of carbonyl (C=O) groups excluding carboxylic acids is 1. The predicted molar refractivity (Wildman–Crippen MR) is 76.5 cm³/mol. The summed E-state index contributed by atoms with van der Waals surface area (Å²) in [6.45, 7) is 0.553. The third-order valence-electron chi connectivity index (χ3n) is 3.46. The molecule has 20 heavy (non-hydrogen) atoms. The van der Waals surface area contributed by atoms with Crippen molar-refractivity contribution in [3.63, 3.8) is 0 Å². The molecule has 0 spiro atoms. The number of sulfonamides is 1. The summed E-state index contributed by atoms with van der Waals surface area (Å²) in [4.78, 5) is 11.2. The maximum absolute atomic E-state index is 12.4. The van der Waals surface area contributed by atoms with Crippen LogP contribution in [0.3, 0.4) is 0 Å². The van der Waals surface area contributed by atoms with Crippen molar-refractivity contribution in [3.8, 4) is 0 Å². The quantitative estimate of drug-likeness (QED) is 0.804. The van der Waals surface area contributed by atoms with Crippen LogP contribution in [0.15, 0.2) is 23.1 Å². The average molecular weight is 318 g/mol. The van der Waals surface area contributed by atoms with Crippen molar-refractivity contribution >= 4 is 33.2 Å². The van der Waals surface area contributed by atoms with Gasteiger partial charge in [-0.3, -0.25) is 4.79 Å². The second-order valence-corrected chi connectivity index (χ2v) is 7.11. The first kappa shape index (κ1) is 15.1. The van der Waals surface area contributed by atoms with Crippen LogP contribution in [-0.2, 0) is 14.8 Å². The third-order valence-corrected chi connectivity index (χ3v) is 5.70. The number of rotatable bonds is 3. The lowest BCUT2D eigenvalue weighted by Gasteiger charge is -2.29. The van der Waals surface area contributed by atoms with Crippen molar-refractivity contribution in [1.82, 2.24) is 4.31 Å². The molecule has 1 saturated heterocycles. The molecule has 6 nitrogen and oxygen atoms in total. The van der Waals surface area contributed by atoms with Gasteiger partial charge in [0, 0.05) is 19.0 Å². The summed E-state index contributed by atoms with van der Waals surface area (Å²) in [7, 11) is -3.61. The Labute approximate surface area is 122 Å². The fraction of sp³-hybridized carbons (Fsp3) is 0.417. The van der Waals surface area contributed by atoms with Gasteiger partial charge < -0.3 is 11.5 Å². The van der Waals surface area contributed by atoms with E-state index in [2.05, 4.69) is 0 Å². The first-order valence-corrected chi connectivity index (χ1v) is 7.98. The van der Waals surface area contributed by atoms with Gasteiger partial charge in [0.2, 0.25) is 15.9 Å². The Morgan fingerprint density at radius 1 is 1.30 bits per heavy atom. The lowest BCUT2D eigenvalue weighted by molar-refractivity contribution is -0.122. The third kappa shape index (κ3) is 2.89. The molecule has 1 fully saturated rings. The fourth-order valence-electron chi connectivity index (χ4n) is 2.21. The number of halogens is 1. The highest BCUT2D eigenvalue weighted by Crippen LogP contribution is 2.27. The monoisotopic (exact) mass is 317 g/mol. The zero-order valence-electron chi connectivity index (χ0n) is 10.8. The largest absolute Gasteiger partial charge is 0.397 e. The lowest BCUT2D eigenvalue weighted by atomic mass is 9.98. The second-order valence-electron chi connectivity index (χ2n) is 4.76. The van der Waals surface area contributed by atoms with Crippen molar-refractivity contribution in [3.05, 3.63) is 23.2 Å². The number of piperidine rings is 1. The number of hydrogen-bond acceptors (Lipinski definition) is 4. The van der Waals surface area contributed by atoms with Crippen LogP contribution in [0.1, 0.15) is 12.8 Å². The highest BCUT2D eigenvalue weighted by atomic mass is 35.5. The van der Waals surface area contributed by atoms with Gasteiger partial charge in [-0.1, -0.05) is 11.6 Å². The second kappa shape index (κ2) is 5.59. The Morgan fingerprint density at radius 3 is 2.40 bits per heavy atom. The van der Waals surface area contributed by atoms with Gasteiger partial charge in [-0.05, 0) is 31.0 Å². The van der Waals surface area contributed by atoms with E-state index in [0.29, 0.717) is 17.9 Å². The molecule has 0 radical (unpaired) electrons. The molecule has 0 unspecified atom stereocenters. The number of nitrogen functional groups attached to an aromatic ring is 1. The Hall–Kier alpha value is -1.31. The molecule has 2 rings (SSSR count). The van der Waals surface area contributed by atoms with Crippen LogP contribution in [0, 0.1) is 5.92 Å². The number of anilines is 1. The number of carbonyl (C=O) groups is 1. The summed E-state index contributed by atoms with van der Waals surface area (Å²) in [5.41, 5.74) is 11.1. The topological polar surface area (TPSA) is 106 Å². The van der Waals surface area contributed by atoms with Crippen molar-refractivity contribution in [2.75, 3.05) is 18.8 Å². The molecule has 1 aliphatic rings. The summed E-state index contributed by atoms with van der Waals surface area (Å²) in [6.07, 6.45) is 0.884. The summed E-state index contributed by atoms with van der Waals surface area (Å²) < 4.78 is 26.2. The summed E-state index contributed by atoms with van der Waals surface area (Å²) in [5.74, 6) is -0.630. The van der Waals surface area contributed by atoms with Crippen LogP contribution in [0.5, 0.6) is 0 Å². The molecule has 0 saturated carbocycles. The lowest BCUT2D eigenvalue weighted by Crippen LogP contribution is -2.41. The maximum Gasteiger partial charge on any atom is 0.243 e. The van der Waals surface area contributed by atoms with Gasteiger partial charge in [0.25, 0.3) is 0 Å². The van der Waals surface area contributed by atoms with E-state index >= 15 is 0 Å². The van der Waals surface area contributed by atoms with E-state index in [1.165, 1.54) is 22.5 Å². The highest BCUT2D eigenvalue weighted by Gasteiger charge is 2.31. The van der Waals surface area contributed by atoms with Crippen molar-refractivity contribution in [2.45, 2.75) is 17.7 Å². The van der Waals surface area contributed by atoms with E-state index in [1.807, 2.05) is 0 Å². The highest BCUT2D eigenvalue weighted by molar-refractivity contribution is 7.89. The summed E-state index contributed by atoms with van der Waals surface area (Å²) in [6, 6.07) is 4.23. The molecule has 1 amide bonds. The standard InChI is InChI=1S/C12H16ClN3O3S/c13-10-2-1-9(7-11(10)14)20(18,19)16-5-3-8(4-6-16)12(15)17/h1-2,7-8H,3-6,14H2,(H2,15,17). The molecule has 0 aliphatic carbocycles. The predicted octanol–water partition coefficient (Wildman–Crippen LogP) is 0.808. The van der Waals surface area contributed by atoms with E-state index in [4.69, 9.17) is 23.1 Å². The Morgan fingerprint density at radius 2 is 1.90 bits per heavy atom. The van der Waals surface area contributed by atoms with Crippen molar-refractivity contribution in [1.29, 1.82) is 0 Å². The SMILES string of the molecule is NC(=O)C1CCN(S(=O)(=O)c2ccc(Cl)c(N)c2)CC1. The van der Waals surface area contributed by atoms with E-state index in [-0.39, 0.29) is 35.5 Å². The van der Waals surface area contributed by atoms with Crippen LogP contribution >= 0.6 is 11.6 Å². The maximum atomic E-state index is 12.4. The minimum atomic E-state index is -3.61.